The molecule has 1 aromatic heterocycles. The molecule has 5 heteroatoms. The number of hydrogen-bond donors (Lipinski definition) is 1. The molecule has 0 radical (unpaired) electrons. The minimum absolute atomic E-state index is 0.126. The van der Waals surface area contributed by atoms with Crippen molar-refractivity contribution in [3.05, 3.63) is 62.8 Å². The van der Waals surface area contributed by atoms with Crippen molar-refractivity contribution >= 4 is 5.97 Å². The number of nitrogens with zero attached hydrogens (tertiary/aromatic N) is 2. The minimum atomic E-state index is -0.927. The van der Waals surface area contributed by atoms with Gasteiger partial charge in [-0.15, -0.1) is 0 Å². The molecular weight excluding hydrogens is 268 g/mol. The van der Waals surface area contributed by atoms with Crippen LogP contribution in [0, 0.1) is 20.8 Å². The van der Waals surface area contributed by atoms with E-state index in [2.05, 4.69) is 4.98 Å². The molecule has 2 rings (SSSR count). The Morgan fingerprint density at radius 1 is 1.29 bits per heavy atom. The number of hydrogen-bond acceptors (Lipinski definition) is 3. The van der Waals surface area contributed by atoms with E-state index in [4.69, 9.17) is 5.11 Å². The summed E-state index contributed by atoms with van der Waals surface area (Å²) in [5.41, 5.74) is 3.52. The van der Waals surface area contributed by atoms with E-state index in [0.29, 0.717) is 23.5 Å². The molecule has 0 atom stereocenters. The molecule has 0 bridgehead atoms. The minimum Gasteiger partial charge on any atom is -0.481 e. The first-order chi connectivity index (χ1) is 9.88. The summed E-state index contributed by atoms with van der Waals surface area (Å²) in [5.74, 6) is -0.927. The lowest BCUT2D eigenvalue weighted by Crippen LogP contribution is -2.29. The monoisotopic (exact) mass is 286 g/mol. The van der Waals surface area contributed by atoms with E-state index >= 15 is 0 Å². The van der Waals surface area contributed by atoms with Gasteiger partial charge in [-0.2, -0.15) is 4.98 Å². The van der Waals surface area contributed by atoms with Gasteiger partial charge in [0.2, 0.25) is 0 Å². The highest BCUT2D eigenvalue weighted by molar-refractivity contribution is 5.70. The maximum Gasteiger partial charge on any atom is 0.348 e. The zero-order valence-electron chi connectivity index (χ0n) is 12.4. The van der Waals surface area contributed by atoms with E-state index in [1.165, 1.54) is 4.57 Å². The van der Waals surface area contributed by atoms with E-state index in [1.54, 1.807) is 13.8 Å². The molecule has 0 spiro atoms. The molecule has 1 aromatic carbocycles. The van der Waals surface area contributed by atoms with Crippen molar-refractivity contribution in [3.63, 3.8) is 0 Å². The van der Waals surface area contributed by atoms with Gasteiger partial charge in [-0.25, -0.2) is 4.79 Å². The molecule has 1 heterocycles. The number of aryl methyl sites for hydroxylation is 2. The summed E-state index contributed by atoms with van der Waals surface area (Å²) in [4.78, 5) is 27.0. The highest BCUT2D eigenvalue weighted by Crippen LogP contribution is 2.13. The molecule has 0 unspecified atom stereocenters. The van der Waals surface area contributed by atoms with Gasteiger partial charge in [0.25, 0.3) is 0 Å². The Kier molecular flexibility index (Phi) is 4.21. The van der Waals surface area contributed by atoms with Gasteiger partial charge in [0.05, 0.1) is 13.0 Å². The summed E-state index contributed by atoms with van der Waals surface area (Å²) in [6.07, 6.45) is -0.126. The topological polar surface area (TPSA) is 72.2 Å². The number of carboxylic acids is 1. The Bertz CT molecular complexity index is 748. The molecule has 0 aliphatic heterocycles. The summed E-state index contributed by atoms with van der Waals surface area (Å²) < 4.78 is 1.53. The number of carboxylic acid groups (broad SMARTS) is 1. The zero-order chi connectivity index (χ0) is 15.6. The van der Waals surface area contributed by atoms with Gasteiger partial charge in [0.15, 0.2) is 0 Å². The molecule has 110 valence electrons. The van der Waals surface area contributed by atoms with Crippen LogP contribution in [0.15, 0.2) is 29.1 Å². The Hall–Kier alpha value is -2.43. The average molecular weight is 286 g/mol. The van der Waals surface area contributed by atoms with E-state index in [1.807, 2.05) is 31.2 Å². The van der Waals surface area contributed by atoms with Crippen molar-refractivity contribution in [1.82, 2.24) is 9.55 Å². The summed E-state index contributed by atoms with van der Waals surface area (Å²) in [6, 6.07) is 7.87. The van der Waals surface area contributed by atoms with Crippen LogP contribution in [0.2, 0.25) is 0 Å². The van der Waals surface area contributed by atoms with Crippen LogP contribution in [-0.2, 0) is 17.8 Å². The molecule has 0 fully saturated rings. The average Bonchev–Trinajstić information content (AvgIpc) is 2.39. The SMILES string of the molecule is Cc1cccc(Cn2c(C)c(CC(=O)O)c(C)nc2=O)c1. The fraction of sp³-hybridized carbons (Fsp3) is 0.312. The maximum absolute atomic E-state index is 12.1. The summed E-state index contributed by atoms with van der Waals surface area (Å²) in [7, 11) is 0. The second-order valence-electron chi connectivity index (χ2n) is 5.19. The second kappa shape index (κ2) is 5.91. The van der Waals surface area contributed by atoms with Crippen molar-refractivity contribution in [3.8, 4) is 0 Å². The predicted octanol–water partition coefficient (Wildman–Crippen LogP) is 1.84. The van der Waals surface area contributed by atoms with Crippen molar-refractivity contribution in [2.45, 2.75) is 33.7 Å². The standard InChI is InChI=1S/C16H18N2O3/c1-10-5-4-6-13(7-10)9-18-12(3)14(8-15(19)20)11(2)17-16(18)21/h4-7H,8-9H2,1-3H3,(H,19,20). The molecule has 5 nitrogen and oxygen atoms in total. The molecule has 21 heavy (non-hydrogen) atoms. The van der Waals surface area contributed by atoms with Crippen molar-refractivity contribution in [2.24, 2.45) is 0 Å². The third kappa shape index (κ3) is 3.37. The Morgan fingerprint density at radius 3 is 2.62 bits per heavy atom. The maximum atomic E-state index is 12.1. The van der Waals surface area contributed by atoms with Gasteiger partial charge < -0.3 is 5.11 Å². The highest BCUT2D eigenvalue weighted by Gasteiger charge is 2.14. The molecule has 0 aliphatic carbocycles. The van der Waals surface area contributed by atoms with E-state index in [0.717, 1.165) is 11.1 Å². The first-order valence-corrected chi connectivity index (χ1v) is 6.72. The zero-order valence-corrected chi connectivity index (χ0v) is 12.4. The van der Waals surface area contributed by atoms with Crippen molar-refractivity contribution in [2.75, 3.05) is 0 Å². The smallest absolute Gasteiger partial charge is 0.348 e. The van der Waals surface area contributed by atoms with Crippen molar-refractivity contribution in [1.29, 1.82) is 0 Å². The fourth-order valence-corrected chi connectivity index (χ4v) is 2.43. The normalized spacial score (nSPS) is 10.6. The third-order valence-electron chi connectivity index (χ3n) is 3.52. The largest absolute Gasteiger partial charge is 0.481 e. The number of benzene rings is 1. The second-order valence-corrected chi connectivity index (χ2v) is 5.19. The molecular formula is C16H18N2O3. The van der Waals surface area contributed by atoms with Gasteiger partial charge in [-0.3, -0.25) is 9.36 Å². The van der Waals surface area contributed by atoms with Gasteiger partial charge in [0.1, 0.15) is 0 Å². The molecule has 0 saturated heterocycles. The highest BCUT2D eigenvalue weighted by atomic mass is 16.4. The first kappa shape index (κ1) is 15.0. The first-order valence-electron chi connectivity index (χ1n) is 6.72. The van der Waals surface area contributed by atoms with Gasteiger partial charge >= 0.3 is 11.7 Å². The molecule has 1 N–H and O–H groups in total. The molecule has 0 amide bonds. The van der Waals surface area contributed by atoms with E-state index in [9.17, 15) is 9.59 Å². The van der Waals surface area contributed by atoms with Crippen LogP contribution in [0.4, 0.5) is 0 Å². The van der Waals surface area contributed by atoms with Crippen LogP contribution in [0.5, 0.6) is 0 Å². The lowest BCUT2D eigenvalue weighted by molar-refractivity contribution is -0.136. The third-order valence-corrected chi connectivity index (χ3v) is 3.52. The van der Waals surface area contributed by atoms with Crippen LogP contribution in [-0.4, -0.2) is 20.6 Å². The number of rotatable bonds is 4. The van der Waals surface area contributed by atoms with Crippen LogP contribution in [0.25, 0.3) is 0 Å². The van der Waals surface area contributed by atoms with Crippen LogP contribution in [0.3, 0.4) is 0 Å². The number of aromatic nitrogens is 2. The van der Waals surface area contributed by atoms with Crippen LogP contribution < -0.4 is 5.69 Å². The summed E-state index contributed by atoms with van der Waals surface area (Å²) in [5, 5.41) is 8.99. The van der Waals surface area contributed by atoms with Gasteiger partial charge in [-0.05, 0) is 26.3 Å². The Balaban J connectivity index is 2.48. The Labute approximate surface area is 122 Å². The lowest BCUT2D eigenvalue weighted by atomic mass is 10.1. The number of aliphatic carboxylic acids is 1. The quantitative estimate of drug-likeness (QED) is 0.931. The van der Waals surface area contributed by atoms with E-state index in [-0.39, 0.29) is 12.1 Å². The lowest BCUT2D eigenvalue weighted by Gasteiger charge is -2.14. The predicted molar refractivity (Wildman–Crippen MR) is 79.6 cm³/mol. The van der Waals surface area contributed by atoms with Crippen molar-refractivity contribution < 1.29 is 9.90 Å². The van der Waals surface area contributed by atoms with Gasteiger partial charge in [0, 0.05) is 17.0 Å². The summed E-state index contributed by atoms with van der Waals surface area (Å²) in [6.45, 7) is 5.82. The van der Waals surface area contributed by atoms with Crippen LogP contribution in [0.1, 0.15) is 28.1 Å². The molecule has 0 saturated carbocycles. The molecule has 0 aliphatic rings. The number of carbonyl (C=O) groups is 1. The molecule has 2 aromatic rings. The van der Waals surface area contributed by atoms with Crippen LogP contribution >= 0.6 is 0 Å². The van der Waals surface area contributed by atoms with Gasteiger partial charge in [-0.1, -0.05) is 29.8 Å². The summed E-state index contributed by atoms with van der Waals surface area (Å²) >= 11 is 0. The fourth-order valence-electron chi connectivity index (χ4n) is 2.43. The Morgan fingerprint density at radius 2 is 2.00 bits per heavy atom. The van der Waals surface area contributed by atoms with E-state index < -0.39 is 5.97 Å².